The number of benzene rings is 1. The number of carbonyl (C=O) groups is 4. The summed E-state index contributed by atoms with van der Waals surface area (Å²) in [4.78, 5) is 51.4. The van der Waals surface area contributed by atoms with E-state index in [4.69, 9.17) is 5.73 Å². The fraction of sp³-hybridized carbons (Fsp3) is 0.545. The number of nitrogens with zero attached hydrogens (tertiary/aromatic N) is 1. The van der Waals surface area contributed by atoms with Crippen LogP contribution in [0.4, 0.5) is 0 Å². The summed E-state index contributed by atoms with van der Waals surface area (Å²) in [6.07, 6.45) is 0.959. The molecule has 4 atom stereocenters. The van der Waals surface area contributed by atoms with Gasteiger partial charge in [0, 0.05) is 18.7 Å². The van der Waals surface area contributed by atoms with Crippen LogP contribution >= 0.6 is 12.6 Å². The molecule has 182 valence electrons. The molecule has 0 spiro atoms. The number of hydrogen-bond donors (Lipinski definition) is 6. The zero-order chi connectivity index (χ0) is 24.7. The molecule has 3 amide bonds. The summed E-state index contributed by atoms with van der Waals surface area (Å²) >= 11 is 4.15. The molecule has 1 heterocycles. The molecule has 1 aliphatic heterocycles. The van der Waals surface area contributed by atoms with E-state index in [2.05, 4.69) is 23.3 Å². The Balaban J connectivity index is 2.22. The van der Waals surface area contributed by atoms with Crippen LogP contribution in [0.25, 0.3) is 0 Å². The maximum atomic E-state index is 13.3. The molecule has 4 unspecified atom stereocenters. The highest BCUT2D eigenvalue weighted by atomic mass is 32.1. The molecular formula is C22H32N4O6S. The highest BCUT2D eigenvalue weighted by Gasteiger charge is 2.38. The standard InChI is InChI=1S/C22H32N4O6S/c1-12(2)18(23)20(29)25-16(11-33)19(28)24-15(10-13-5-7-14(27)8-6-13)21(30)26-9-3-4-17(26)22(31)32/h5-8,12,15-18,27,33H,3-4,9-11,23H2,1-2H3,(H,24,28)(H,25,29)(H,31,32). The largest absolute Gasteiger partial charge is 0.508 e. The molecular weight excluding hydrogens is 448 g/mol. The molecule has 0 aromatic heterocycles. The normalized spacial score (nSPS) is 18.5. The number of nitrogens with two attached hydrogens (primary N) is 1. The third kappa shape index (κ3) is 7.10. The maximum Gasteiger partial charge on any atom is 0.326 e. The first-order valence-electron chi connectivity index (χ1n) is 10.8. The van der Waals surface area contributed by atoms with Crippen molar-refractivity contribution in [2.24, 2.45) is 11.7 Å². The third-order valence-corrected chi connectivity index (χ3v) is 6.01. The number of likely N-dealkylation sites (tertiary alicyclic amines) is 1. The number of rotatable bonds is 10. The van der Waals surface area contributed by atoms with Crippen LogP contribution < -0.4 is 16.4 Å². The van der Waals surface area contributed by atoms with Gasteiger partial charge in [0.2, 0.25) is 17.7 Å². The zero-order valence-electron chi connectivity index (χ0n) is 18.7. The molecule has 0 radical (unpaired) electrons. The van der Waals surface area contributed by atoms with E-state index in [0.717, 1.165) is 0 Å². The third-order valence-electron chi connectivity index (χ3n) is 5.65. The molecule has 6 N–H and O–H groups in total. The number of amides is 3. The van der Waals surface area contributed by atoms with Crippen molar-refractivity contribution in [3.8, 4) is 5.75 Å². The van der Waals surface area contributed by atoms with Crippen molar-refractivity contribution in [2.75, 3.05) is 12.3 Å². The van der Waals surface area contributed by atoms with Crippen molar-refractivity contribution >= 4 is 36.3 Å². The monoisotopic (exact) mass is 480 g/mol. The minimum Gasteiger partial charge on any atom is -0.508 e. The maximum absolute atomic E-state index is 13.3. The van der Waals surface area contributed by atoms with Crippen LogP contribution in [-0.2, 0) is 25.6 Å². The fourth-order valence-electron chi connectivity index (χ4n) is 3.59. The van der Waals surface area contributed by atoms with Gasteiger partial charge in [-0.15, -0.1) is 0 Å². The molecule has 33 heavy (non-hydrogen) atoms. The highest BCUT2D eigenvalue weighted by molar-refractivity contribution is 7.80. The summed E-state index contributed by atoms with van der Waals surface area (Å²) in [6, 6.07) is 2.27. The van der Waals surface area contributed by atoms with Gasteiger partial charge in [0.05, 0.1) is 6.04 Å². The number of carbonyl (C=O) groups excluding carboxylic acids is 3. The second-order valence-electron chi connectivity index (χ2n) is 8.47. The first-order chi connectivity index (χ1) is 15.5. The number of aromatic hydroxyl groups is 1. The number of thiol groups is 1. The molecule has 0 aliphatic carbocycles. The van der Waals surface area contributed by atoms with Gasteiger partial charge in [-0.1, -0.05) is 26.0 Å². The summed E-state index contributed by atoms with van der Waals surface area (Å²) in [7, 11) is 0. The number of phenols is 1. The average Bonchev–Trinajstić information content (AvgIpc) is 3.27. The minimum atomic E-state index is -1.10. The van der Waals surface area contributed by atoms with E-state index < -0.39 is 47.9 Å². The van der Waals surface area contributed by atoms with Crippen LogP contribution in [-0.4, -0.2) is 75.3 Å². The van der Waals surface area contributed by atoms with E-state index >= 15 is 0 Å². The quantitative estimate of drug-likeness (QED) is 0.255. The predicted octanol–water partition coefficient (Wildman–Crippen LogP) is -0.107. The first kappa shape index (κ1) is 26.5. The summed E-state index contributed by atoms with van der Waals surface area (Å²) in [5, 5.41) is 24.2. The Morgan fingerprint density at radius 1 is 1.12 bits per heavy atom. The molecule has 1 aromatic carbocycles. The van der Waals surface area contributed by atoms with E-state index in [1.54, 1.807) is 26.0 Å². The van der Waals surface area contributed by atoms with E-state index in [1.165, 1.54) is 17.0 Å². The number of carboxylic acids is 1. The lowest BCUT2D eigenvalue weighted by Crippen LogP contribution is -2.58. The van der Waals surface area contributed by atoms with Gasteiger partial charge in [0.25, 0.3) is 0 Å². The van der Waals surface area contributed by atoms with Gasteiger partial charge in [0.1, 0.15) is 23.9 Å². The SMILES string of the molecule is CC(C)C(N)C(=O)NC(CS)C(=O)NC(Cc1ccc(O)cc1)C(=O)N1CCCC1C(=O)O. The zero-order valence-corrected chi connectivity index (χ0v) is 19.6. The molecule has 1 aromatic rings. The van der Waals surface area contributed by atoms with E-state index in [1.807, 2.05) is 0 Å². The minimum absolute atomic E-state index is 0.0238. The smallest absolute Gasteiger partial charge is 0.326 e. The topological polar surface area (TPSA) is 162 Å². The molecule has 1 fully saturated rings. The molecule has 0 saturated carbocycles. The Labute approximate surface area is 198 Å². The predicted molar refractivity (Wildman–Crippen MR) is 125 cm³/mol. The summed E-state index contributed by atoms with van der Waals surface area (Å²) in [5.74, 6) is -2.87. The number of carboxylic acid groups (broad SMARTS) is 1. The van der Waals surface area contributed by atoms with E-state index in [0.29, 0.717) is 18.4 Å². The number of hydrogen-bond acceptors (Lipinski definition) is 7. The first-order valence-corrected chi connectivity index (χ1v) is 11.5. The van der Waals surface area contributed by atoms with Gasteiger partial charge < -0.3 is 31.5 Å². The van der Waals surface area contributed by atoms with Crippen LogP contribution in [0.1, 0.15) is 32.3 Å². The fourth-order valence-corrected chi connectivity index (χ4v) is 3.85. The second-order valence-corrected chi connectivity index (χ2v) is 8.84. The van der Waals surface area contributed by atoms with Crippen LogP contribution in [0.3, 0.4) is 0 Å². The molecule has 10 nitrogen and oxygen atoms in total. The summed E-state index contributed by atoms with van der Waals surface area (Å²) in [6.45, 7) is 3.83. The van der Waals surface area contributed by atoms with Gasteiger partial charge >= 0.3 is 5.97 Å². The van der Waals surface area contributed by atoms with Crippen molar-refractivity contribution < 1.29 is 29.4 Å². The van der Waals surface area contributed by atoms with Crippen molar-refractivity contribution in [2.45, 2.75) is 57.3 Å². The van der Waals surface area contributed by atoms with Crippen molar-refractivity contribution in [1.29, 1.82) is 0 Å². The Morgan fingerprint density at radius 2 is 1.73 bits per heavy atom. The molecule has 1 saturated heterocycles. The lowest BCUT2D eigenvalue weighted by Gasteiger charge is -2.29. The summed E-state index contributed by atoms with van der Waals surface area (Å²) < 4.78 is 0. The lowest BCUT2D eigenvalue weighted by atomic mass is 10.0. The van der Waals surface area contributed by atoms with Gasteiger partial charge in [-0.05, 0) is 36.5 Å². The van der Waals surface area contributed by atoms with Crippen molar-refractivity contribution in [3.05, 3.63) is 29.8 Å². The average molecular weight is 481 g/mol. The van der Waals surface area contributed by atoms with Gasteiger partial charge in [0.15, 0.2) is 0 Å². The van der Waals surface area contributed by atoms with Crippen molar-refractivity contribution in [1.82, 2.24) is 15.5 Å². The lowest BCUT2D eigenvalue weighted by molar-refractivity contribution is -0.149. The van der Waals surface area contributed by atoms with Crippen LogP contribution in [0.15, 0.2) is 24.3 Å². The van der Waals surface area contributed by atoms with E-state index in [9.17, 15) is 29.4 Å². The van der Waals surface area contributed by atoms with E-state index in [-0.39, 0.29) is 30.4 Å². The number of phenolic OH excluding ortho intramolecular Hbond substituents is 1. The molecule has 2 rings (SSSR count). The van der Waals surface area contributed by atoms with Gasteiger partial charge in [-0.25, -0.2) is 4.79 Å². The van der Waals surface area contributed by atoms with Gasteiger partial charge in [-0.2, -0.15) is 12.6 Å². The highest BCUT2D eigenvalue weighted by Crippen LogP contribution is 2.20. The van der Waals surface area contributed by atoms with Crippen LogP contribution in [0.2, 0.25) is 0 Å². The Morgan fingerprint density at radius 3 is 2.27 bits per heavy atom. The van der Waals surface area contributed by atoms with Crippen LogP contribution in [0, 0.1) is 5.92 Å². The summed E-state index contributed by atoms with van der Waals surface area (Å²) in [5.41, 5.74) is 6.51. The molecule has 1 aliphatic rings. The molecule has 11 heteroatoms. The second kappa shape index (κ2) is 11.9. The Kier molecular flexibility index (Phi) is 9.54. The number of aliphatic carboxylic acids is 1. The Hall–Kier alpha value is -2.79. The molecule has 0 bridgehead atoms. The Bertz CT molecular complexity index is 863. The number of nitrogens with one attached hydrogen (secondary N) is 2. The van der Waals surface area contributed by atoms with Crippen molar-refractivity contribution in [3.63, 3.8) is 0 Å². The van der Waals surface area contributed by atoms with Gasteiger partial charge in [-0.3, -0.25) is 14.4 Å². The van der Waals surface area contributed by atoms with Crippen LogP contribution in [0.5, 0.6) is 5.75 Å².